The van der Waals surface area contributed by atoms with Crippen LogP contribution in [0, 0.1) is 13.8 Å². The molecular formula is C14H15N3O2. The zero-order chi connectivity index (χ0) is 13.8. The molecule has 0 spiro atoms. The minimum absolute atomic E-state index is 0.333. The molecule has 0 aliphatic rings. The van der Waals surface area contributed by atoms with Gasteiger partial charge in [-0.25, -0.2) is 19.7 Å². The molecule has 0 amide bonds. The van der Waals surface area contributed by atoms with Gasteiger partial charge in [-0.2, -0.15) is 0 Å². The number of hydrogen-bond acceptors (Lipinski definition) is 5. The lowest BCUT2D eigenvalue weighted by atomic mass is 10.2. The van der Waals surface area contributed by atoms with Crippen LogP contribution in [0.5, 0.6) is 0 Å². The van der Waals surface area contributed by atoms with E-state index in [1.807, 2.05) is 25.1 Å². The summed E-state index contributed by atoms with van der Waals surface area (Å²) in [6, 6.07) is 5.64. The Balaban J connectivity index is 2.36. The second-order valence-corrected chi connectivity index (χ2v) is 4.08. The van der Waals surface area contributed by atoms with Gasteiger partial charge >= 0.3 is 5.97 Å². The van der Waals surface area contributed by atoms with E-state index in [1.165, 1.54) is 6.20 Å². The lowest BCUT2D eigenvalue weighted by Gasteiger charge is -2.06. The number of hydrogen-bond donors (Lipinski definition) is 0. The summed E-state index contributed by atoms with van der Waals surface area (Å²) in [6.07, 6.45) is 1.49. The summed E-state index contributed by atoms with van der Waals surface area (Å²) >= 11 is 0. The zero-order valence-corrected chi connectivity index (χ0v) is 11.2. The van der Waals surface area contributed by atoms with Crippen LogP contribution in [0.1, 0.15) is 28.7 Å². The molecule has 0 fully saturated rings. The summed E-state index contributed by atoms with van der Waals surface area (Å²) in [4.78, 5) is 24.5. The maximum absolute atomic E-state index is 11.6. The van der Waals surface area contributed by atoms with Gasteiger partial charge in [0.05, 0.1) is 17.9 Å². The Morgan fingerprint density at radius 3 is 2.68 bits per heavy atom. The number of carbonyl (C=O) groups excluding carboxylic acids is 1. The Bertz CT molecular complexity index is 611. The fourth-order valence-electron chi connectivity index (χ4n) is 1.67. The van der Waals surface area contributed by atoms with Gasteiger partial charge in [-0.05, 0) is 32.9 Å². The lowest BCUT2D eigenvalue weighted by molar-refractivity contribution is 0.0524. The van der Waals surface area contributed by atoms with Gasteiger partial charge < -0.3 is 4.74 Å². The maximum atomic E-state index is 11.6. The van der Waals surface area contributed by atoms with Crippen LogP contribution < -0.4 is 0 Å². The third kappa shape index (κ3) is 2.93. The Labute approximate surface area is 111 Å². The van der Waals surface area contributed by atoms with Gasteiger partial charge in [0.15, 0.2) is 5.82 Å². The number of ether oxygens (including phenoxy) is 1. The van der Waals surface area contributed by atoms with Gasteiger partial charge in [0.1, 0.15) is 5.69 Å². The third-order valence-corrected chi connectivity index (χ3v) is 2.59. The molecule has 0 aliphatic carbocycles. The van der Waals surface area contributed by atoms with Crippen LogP contribution in [-0.4, -0.2) is 27.5 Å². The fourth-order valence-corrected chi connectivity index (χ4v) is 1.67. The van der Waals surface area contributed by atoms with Crippen molar-refractivity contribution in [3.05, 3.63) is 41.3 Å². The smallest absolute Gasteiger partial charge is 0.341 e. The number of carbonyl (C=O) groups is 1. The molecule has 0 saturated heterocycles. The molecular weight excluding hydrogens is 242 g/mol. The molecule has 2 aromatic rings. The van der Waals surface area contributed by atoms with Gasteiger partial charge in [-0.15, -0.1) is 0 Å². The van der Waals surface area contributed by atoms with Crippen molar-refractivity contribution in [3.8, 4) is 11.5 Å². The Morgan fingerprint density at radius 1 is 1.26 bits per heavy atom. The van der Waals surface area contributed by atoms with E-state index >= 15 is 0 Å². The molecule has 0 atom stereocenters. The van der Waals surface area contributed by atoms with Crippen LogP contribution in [0.25, 0.3) is 11.5 Å². The SMILES string of the molecule is CCOC(=O)c1cnc(-c2cccc(C)n2)nc1C. The van der Waals surface area contributed by atoms with E-state index in [0.717, 1.165) is 5.69 Å². The first kappa shape index (κ1) is 13.1. The molecule has 0 aliphatic heterocycles. The van der Waals surface area contributed by atoms with Crippen LogP contribution in [0.2, 0.25) is 0 Å². The van der Waals surface area contributed by atoms with Crippen molar-refractivity contribution in [2.75, 3.05) is 6.61 Å². The van der Waals surface area contributed by atoms with Crippen molar-refractivity contribution in [1.82, 2.24) is 15.0 Å². The van der Waals surface area contributed by atoms with Crippen molar-refractivity contribution in [2.45, 2.75) is 20.8 Å². The highest BCUT2D eigenvalue weighted by Crippen LogP contribution is 2.14. The lowest BCUT2D eigenvalue weighted by Crippen LogP contribution is -2.09. The van der Waals surface area contributed by atoms with Gasteiger partial charge in [0, 0.05) is 11.9 Å². The minimum atomic E-state index is -0.399. The van der Waals surface area contributed by atoms with Crippen LogP contribution >= 0.6 is 0 Å². The van der Waals surface area contributed by atoms with E-state index in [1.54, 1.807) is 13.8 Å². The standard InChI is InChI=1S/C14H15N3O2/c1-4-19-14(18)11-8-15-13(17-10(11)3)12-7-5-6-9(2)16-12/h5-8H,4H2,1-3H3. The molecule has 5 nitrogen and oxygen atoms in total. The Hall–Kier alpha value is -2.30. The predicted molar refractivity (Wildman–Crippen MR) is 70.7 cm³/mol. The second kappa shape index (κ2) is 5.56. The normalized spacial score (nSPS) is 10.3. The highest BCUT2D eigenvalue weighted by Gasteiger charge is 2.13. The number of pyridine rings is 1. The highest BCUT2D eigenvalue weighted by atomic mass is 16.5. The van der Waals surface area contributed by atoms with Crippen molar-refractivity contribution >= 4 is 5.97 Å². The van der Waals surface area contributed by atoms with Crippen LogP contribution in [0.4, 0.5) is 0 Å². The third-order valence-electron chi connectivity index (χ3n) is 2.59. The summed E-state index contributed by atoms with van der Waals surface area (Å²) in [5, 5.41) is 0. The van der Waals surface area contributed by atoms with E-state index in [-0.39, 0.29) is 0 Å². The highest BCUT2D eigenvalue weighted by molar-refractivity contribution is 5.90. The molecule has 19 heavy (non-hydrogen) atoms. The van der Waals surface area contributed by atoms with E-state index < -0.39 is 5.97 Å². The number of aryl methyl sites for hydroxylation is 2. The van der Waals surface area contributed by atoms with Crippen molar-refractivity contribution in [3.63, 3.8) is 0 Å². The Kier molecular flexibility index (Phi) is 3.85. The number of esters is 1. The number of nitrogens with zero attached hydrogens (tertiary/aromatic N) is 3. The first-order chi connectivity index (χ1) is 9.11. The van der Waals surface area contributed by atoms with Crippen LogP contribution in [0.15, 0.2) is 24.4 Å². The molecule has 0 radical (unpaired) electrons. The van der Waals surface area contributed by atoms with Gasteiger partial charge in [0.2, 0.25) is 0 Å². The topological polar surface area (TPSA) is 65.0 Å². The molecule has 2 heterocycles. The summed E-state index contributed by atoms with van der Waals surface area (Å²) in [7, 11) is 0. The predicted octanol–water partition coefficient (Wildman–Crippen LogP) is 2.33. The average Bonchev–Trinajstić information content (AvgIpc) is 2.38. The molecule has 0 bridgehead atoms. The summed E-state index contributed by atoms with van der Waals surface area (Å²) < 4.78 is 4.94. The maximum Gasteiger partial charge on any atom is 0.341 e. The molecule has 0 unspecified atom stereocenters. The van der Waals surface area contributed by atoms with Crippen molar-refractivity contribution in [1.29, 1.82) is 0 Å². The van der Waals surface area contributed by atoms with Crippen molar-refractivity contribution in [2.24, 2.45) is 0 Å². The first-order valence-electron chi connectivity index (χ1n) is 6.06. The molecule has 0 N–H and O–H groups in total. The van der Waals surface area contributed by atoms with Crippen LogP contribution in [0.3, 0.4) is 0 Å². The molecule has 98 valence electrons. The fraction of sp³-hybridized carbons (Fsp3) is 0.286. The number of rotatable bonds is 3. The van der Waals surface area contributed by atoms with E-state index in [9.17, 15) is 4.79 Å². The van der Waals surface area contributed by atoms with Gasteiger partial charge in [-0.1, -0.05) is 6.07 Å². The quantitative estimate of drug-likeness (QED) is 0.789. The zero-order valence-electron chi connectivity index (χ0n) is 11.2. The number of aromatic nitrogens is 3. The van der Waals surface area contributed by atoms with E-state index in [2.05, 4.69) is 15.0 Å². The molecule has 0 aromatic carbocycles. The average molecular weight is 257 g/mol. The monoisotopic (exact) mass is 257 g/mol. The van der Waals surface area contributed by atoms with E-state index in [4.69, 9.17) is 4.74 Å². The minimum Gasteiger partial charge on any atom is -0.462 e. The van der Waals surface area contributed by atoms with Crippen LogP contribution in [-0.2, 0) is 4.74 Å². The first-order valence-corrected chi connectivity index (χ1v) is 6.06. The molecule has 5 heteroatoms. The second-order valence-electron chi connectivity index (χ2n) is 4.08. The molecule has 2 aromatic heterocycles. The van der Waals surface area contributed by atoms with E-state index in [0.29, 0.717) is 29.4 Å². The molecule has 0 saturated carbocycles. The van der Waals surface area contributed by atoms with Gasteiger partial charge in [0.25, 0.3) is 0 Å². The summed E-state index contributed by atoms with van der Waals surface area (Å²) in [5.74, 6) is 0.109. The Morgan fingerprint density at radius 2 is 2.05 bits per heavy atom. The van der Waals surface area contributed by atoms with Gasteiger partial charge in [-0.3, -0.25) is 0 Å². The van der Waals surface area contributed by atoms with Crippen molar-refractivity contribution < 1.29 is 9.53 Å². The summed E-state index contributed by atoms with van der Waals surface area (Å²) in [5.41, 5.74) is 2.57. The summed E-state index contributed by atoms with van der Waals surface area (Å²) in [6.45, 7) is 5.76. The largest absolute Gasteiger partial charge is 0.462 e. The molecule has 2 rings (SSSR count).